The molecule has 1 aliphatic heterocycles. The number of carbonyl (C=O) groups excluding carboxylic acids is 1. The smallest absolute Gasteiger partial charge is 0.317 e. The van der Waals surface area contributed by atoms with Crippen LogP contribution in [0.1, 0.15) is 34.6 Å². The Morgan fingerprint density at radius 2 is 2.24 bits per heavy atom. The van der Waals surface area contributed by atoms with E-state index in [1.165, 1.54) is 10.4 Å². The second-order valence-electron chi connectivity index (χ2n) is 5.66. The number of thiophene rings is 1. The molecule has 0 aliphatic carbocycles. The average Bonchev–Trinajstić information content (AvgIpc) is 2.75. The number of carboxylic acid groups (broad SMARTS) is 1. The highest BCUT2D eigenvalue weighted by atomic mass is 32.1. The number of hydrogen-bond acceptors (Lipinski definition) is 3. The Labute approximate surface area is 129 Å². The van der Waals surface area contributed by atoms with Crippen LogP contribution in [0.3, 0.4) is 0 Å². The van der Waals surface area contributed by atoms with Crippen LogP contribution < -0.4 is 5.32 Å². The van der Waals surface area contributed by atoms with Crippen LogP contribution in [0.4, 0.5) is 4.79 Å². The average molecular weight is 310 g/mol. The minimum atomic E-state index is -0.785. The Hall–Kier alpha value is -1.56. The third-order valence-corrected chi connectivity index (χ3v) is 5.05. The van der Waals surface area contributed by atoms with Gasteiger partial charge >= 0.3 is 12.0 Å². The van der Waals surface area contributed by atoms with Crippen molar-refractivity contribution in [2.75, 3.05) is 13.1 Å². The van der Waals surface area contributed by atoms with E-state index in [0.29, 0.717) is 19.6 Å². The van der Waals surface area contributed by atoms with Crippen LogP contribution in [0.25, 0.3) is 0 Å². The standard InChI is InChI=1S/C15H22N2O3S/c1-10-6-13(21-11(10)2)8-16-15(20)17-5-3-4-12(9-17)7-14(18)19/h6,12H,3-5,7-9H2,1-2H3,(H,16,20)(H,18,19). The number of nitrogens with zero attached hydrogens (tertiary/aromatic N) is 1. The van der Waals surface area contributed by atoms with Crippen LogP contribution >= 0.6 is 11.3 Å². The number of hydrogen-bond donors (Lipinski definition) is 2. The molecule has 2 heterocycles. The van der Waals surface area contributed by atoms with E-state index in [2.05, 4.69) is 25.2 Å². The summed E-state index contributed by atoms with van der Waals surface area (Å²) in [6, 6.07) is 2.01. The highest BCUT2D eigenvalue weighted by molar-refractivity contribution is 7.12. The molecule has 0 spiro atoms. The van der Waals surface area contributed by atoms with Crippen LogP contribution in [0.2, 0.25) is 0 Å². The van der Waals surface area contributed by atoms with Crippen molar-refractivity contribution in [2.24, 2.45) is 5.92 Å². The number of amides is 2. The number of likely N-dealkylation sites (tertiary alicyclic amines) is 1. The van der Waals surface area contributed by atoms with Crippen LogP contribution in [-0.2, 0) is 11.3 Å². The van der Waals surface area contributed by atoms with Gasteiger partial charge in [-0.15, -0.1) is 11.3 Å². The van der Waals surface area contributed by atoms with E-state index in [4.69, 9.17) is 5.11 Å². The molecule has 1 aliphatic rings. The molecule has 0 bridgehead atoms. The second kappa shape index (κ2) is 6.93. The lowest BCUT2D eigenvalue weighted by Gasteiger charge is -2.32. The van der Waals surface area contributed by atoms with Gasteiger partial charge in [0.1, 0.15) is 0 Å². The Morgan fingerprint density at radius 1 is 1.48 bits per heavy atom. The molecule has 21 heavy (non-hydrogen) atoms. The molecular formula is C15H22N2O3S. The lowest BCUT2D eigenvalue weighted by atomic mass is 9.95. The fourth-order valence-corrected chi connectivity index (χ4v) is 3.67. The van der Waals surface area contributed by atoms with Crippen molar-refractivity contribution in [3.05, 3.63) is 21.4 Å². The Balaban J connectivity index is 1.83. The molecule has 1 saturated heterocycles. The van der Waals surface area contributed by atoms with E-state index in [9.17, 15) is 9.59 Å². The zero-order chi connectivity index (χ0) is 15.4. The molecule has 5 nitrogen and oxygen atoms in total. The maximum absolute atomic E-state index is 12.2. The number of rotatable bonds is 4. The molecule has 1 fully saturated rings. The van der Waals surface area contributed by atoms with E-state index in [0.717, 1.165) is 17.7 Å². The third-order valence-electron chi connectivity index (χ3n) is 3.90. The highest BCUT2D eigenvalue weighted by Crippen LogP contribution is 2.21. The summed E-state index contributed by atoms with van der Waals surface area (Å²) in [6.07, 6.45) is 1.91. The van der Waals surface area contributed by atoms with Crippen molar-refractivity contribution in [1.29, 1.82) is 0 Å². The summed E-state index contributed by atoms with van der Waals surface area (Å²) in [5.41, 5.74) is 1.25. The molecule has 1 aromatic heterocycles. The van der Waals surface area contributed by atoms with Gasteiger partial charge in [0, 0.05) is 29.3 Å². The first-order valence-electron chi connectivity index (χ1n) is 7.26. The number of piperidine rings is 1. The normalized spacial score (nSPS) is 18.6. The number of carbonyl (C=O) groups is 2. The summed E-state index contributed by atoms with van der Waals surface area (Å²) in [7, 11) is 0. The monoisotopic (exact) mass is 310 g/mol. The van der Waals surface area contributed by atoms with Crippen molar-refractivity contribution in [3.8, 4) is 0 Å². The van der Waals surface area contributed by atoms with Gasteiger partial charge in [-0.05, 0) is 44.2 Å². The molecule has 6 heteroatoms. The Bertz CT molecular complexity index is 507. The van der Waals surface area contributed by atoms with Gasteiger partial charge in [0.2, 0.25) is 0 Å². The van der Waals surface area contributed by atoms with Gasteiger partial charge in [-0.3, -0.25) is 4.79 Å². The molecule has 116 valence electrons. The zero-order valence-electron chi connectivity index (χ0n) is 12.5. The zero-order valence-corrected chi connectivity index (χ0v) is 13.3. The van der Waals surface area contributed by atoms with Crippen molar-refractivity contribution >= 4 is 23.3 Å². The number of aryl methyl sites for hydroxylation is 2. The first kappa shape index (κ1) is 15.8. The largest absolute Gasteiger partial charge is 0.481 e. The van der Waals surface area contributed by atoms with Gasteiger partial charge in [-0.25, -0.2) is 4.79 Å². The first-order chi connectivity index (χ1) is 9.95. The maximum Gasteiger partial charge on any atom is 0.317 e. The van der Waals surface area contributed by atoms with E-state index >= 15 is 0 Å². The highest BCUT2D eigenvalue weighted by Gasteiger charge is 2.25. The quantitative estimate of drug-likeness (QED) is 0.898. The Morgan fingerprint density at radius 3 is 2.86 bits per heavy atom. The van der Waals surface area contributed by atoms with Crippen molar-refractivity contribution < 1.29 is 14.7 Å². The molecule has 1 atom stereocenters. The number of carboxylic acids is 1. The van der Waals surface area contributed by atoms with Crippen molar-refractivity contribution in [2.45, 2.75) is 39.7 Å². The molecule has 2 amide bonds. The Kier molecular flexibility index (Phi) is 5.22. The minimum absolute atomic E-state index is 0.0771. The van der Waals surface area contributed by atoms with E-state index < -0.39 is 5.97 Å². The summed E-state index contributed by atoms with van der Waals surface area (Å²) in [4.78, 5) is 27.1. The number of urea groups is 1. The summed E-state index contributed by atoms with van der Waals surface area (Å²) in [5, 5.41) is 11.8. The van der Waals surface area contributed by atoms with Gasteiger partial charge in [0.05, 0.1) is 6.54 Å². The maximum atomic E-state index is 12.2. The molecule has 0 aromatic carbocycles. The molecular weight excluding hydrogens is 288 g/mol. The third kappa shape index (κ3) is 4.46. The molecule has 2 N–H and O–H groups in total. The van der Waals surface area contributed by atoms with E-state index in [1.807, 2.05) is 0 Å². The summed E-state index contributed by atoms with van der Waals surface area (Å²) < 4.78 is 0. The molecule has 0 saturated carbocycles. The number of aliphatic carboxylic acids is 1. The SMILES string of the molecule is Cc1cc(CNC(=O)N2CCCC(CC(=O)O)C2)sc1C. The van der Waals surface area contributed by atoms with Gasteiger partial charge in [0.25, 0.3) is 0 Å². The first-order valence-corrected chi connectivity index (χ1v) is 8.08. The van der Waals surface area contributed by atoms with E-state index in [-0.39, 0.29) is 18.4 Å². The molecule has 2 rings (SSSR count). The van der Waals surface area contributed by atoms with Crippen LogP contribution in [0.15, 0.2) is 6.07 Å². The van der Waals surface area contributed by atoms with Crippen LogP contribution in [-0.4, -0.2) is 35.1 Å². The summed E-state index contributed by atoms with van der Waals surface area (Å²) in [5.74, 6) is -0.708. The van der Waals surface area contributed by atoms with E-state index in [1.54, 1.807) is 16.2 Å². The van der Waals surface area contributed by atoms with Crippen molar-refractivity contribution in [3.63, 3.8) is 0 Å². The summed E-state index contributed by atoms with van der Waals surface area (Å²) >= 11 is 1.70. The predicted molar refractivity (Wildman–Crippen MR) is 82.6 cm³/mol. The number of nitrogens with one attached hydrogen (secondary N) is 1. The van der Waals surface area contributed by atoms with Crippen molar-refractivity contribution in [1.82, 2.24) is 10.2 Å². The lowest BCUT2D eigenvalue weighted by molar-refractivity contribution is -0.138. The molecule has 0 radical (unpaired) electrons. The fourth-order valence-electron chi connectivity index (χ4n) is 2.67. The topological polar surface area (TPSA) is 69.6 Å². The lowest BCUT2D eigenvalue weighted by Crippen LogP contribution is -2.45. The van der Waals surface area contributed by atoms with Crippen LogP contribution in [0, 0.1) is 19.8 Å². The predicted octanol–water partition coefficient (Wildman–Crippen LogP) is 2.76. The van der Waals surface area contributed by atoms with Crippen LogP contribution in [0.5, 0.6) is 0 Å². The van der Waals surface area contributed by atoms with Gasteiger partial charge in [0.15, 0.2) is 0 Å². The second-order valence-corrected chi connectivity index (χ2v) is 7.00. The van der Waals surface area contributed by atoms with Gasteiger partial charge in [-0.2, -0.15) is 0 Å². The van der Waals surface area contributed by atoms with Gasteiger partial charge in [-0.1, -0.05) is 0 Å². The molecule has 1 aromatic rings. The van der Waals surface area contributed by atoms with Gasteiger partial charge < -0.3 is 15.3 Å². The minimum Gasteiger partial charge on any atom is -0.481 e. The fraction of sp³-hybridized carbons (Fsp3) is 0.600. The molecule has 1 unspecified atom stereocenters. The summed E-state index contributed by atoms with van der Waals surface area (Å²) in [6.45, 7) is 5.94.